The van der Waals surface area contributed by atoms with E-state index in [0.717, 1.165) is 13.1 Å². The Labute approximate surface area is 92.5 Å². The number of hydrogen-bond acceptors (Lipinski definition) is 2. The van der Waals surface area contributed by atoms with Gasteiger partial charge in [-0.15, -0.1) is 0 Å². The molecule has 0 saturated carbocycles. The van der Waals surface area contributed by atoms with Crippen molar-refractivity contribution < 1.29 is 0 Å². The van der Waals surface area contributed by atoms with E-state index in [1.807, 2.05) is 0 Å². The number of benzene rings is 1. The predicted molar refractivity (Wildman–Crippen MR) is 65.3 cm³/mol. The van der Waals surface area contributed by atoms with E-state index in [-0.39, 0.29) is 0 Å². The average molecular weight is 204 g/mol. The molecule has 2 atom stereocenters. The number of para-hydroxylation sites is 1. The maximum atomic E-state index is 2.53. The minimum atomic E-state index is 0.598. The number of anilines is 1. The summed E-state index contributed by atoms with van der Waals surface area (Å²) in [7, 11) is 2.20. The highest BCUT2D eigenvalue weighted by molar-refractivity contribution is 5.48. The van der Waals surface area contributed by atoms with Gasteiger partial charge in [0.15, 0.2) is 0 Å². The van der Waals surface area contributed by atoms with Crippen molar-refractivity contribution in [3.8, 4) is 0 Å². The van der Waals surface area contributed by atoms with Gasteiger partial charge in [-0.05, 0) is 33.0 Å². The van der Waals surface area contributed by atoms with Crippen molar-refractivity contribution in [2.24, 2.45) is 0 Å². The van der Waals surface area contributed by atoms with E-state index in [9.17, 15) is 0 Å². The predicted octanol–water partition coefficient (Wildman–Crippen LogP) is 2.22. The second kappa shape index (κ2) is 4.23. The van der Waals surface area contributed by atoms with Gasteiger partial charge in [-0.3, -0.25) is 0 Å². The van der Waals surface area contributed by atoms with Gasteiger partial charge in [-0.2, -0.15) is 0 Å². The van der Waals surface area contributed by atoms with Crippen LogP contribution in [0.2, 0.25) is 0 Å². The first-order chi connectivity index (χ1) is 7.18. The van der Waals surface area contributed by atoms with Crippen LogP contribution in [-0.2, 0) is 0 Å². The summed E-state index contributed by atoms with van der Waals surface area (Å²) in [5.74, 6) is 0. The molecule has 0 unspecified atom stereocenters. The van der Waals surface area contributed by atoms with E-state index < -0.39 is 0 Å². The van der Waals surface area contributed by atoms with Gasteiger partial charge < -0.3 is 9.80 Å². The monoisotopic (exact) mass is 204 g/mol. The van der Waals surface area contributed by atoms with E-state index in [4.69, 9.17) is 0 Å². The number of hydrogen-bond donors (Lipinski definition) is 0. The van der Waals surface area contributed by atoms with Crippen molar-refractivity contribution in [3.05, 3.63) is 30.3 Å². The van der Waals surface area contributed by atoms with Gasteiger partial charge in [0, 0.05) is 30.9 Å². The summed E-state index contributed by atoms with van der Waals surface area (Å²) < 4.78 is 0. The van der Waals surface area contributed by atoms with Crippen LogP contribution in [0.4, 0.5) is 5.69 Å². The largest absolute Gasteiger partial charge is 0.364 e. The van der Waals surface area contributed by atoms with Crippen LogP contribution >= 0.6 is 0 Å². The van der Waals surface area contributed by atoms with Crippen molar-refractivity contribution in [2.45, 2.75) is 25.9 Å². The molecule has 1 aromatic rings. The molecule has 2 heteroatoms. The SMILES string of the molecule is C[C@@H]1CN(C)C[C@H](C)N1c1ccccc1. The summed E-state index contributed by atoms with van der Waals surface area (Å²) in [5, 5.41) is 0. The van der Waals surface area contributed by atoms with Crippen molar-refractivity contribution >= 4 is 5.69 Å². The second-order valence-electron chi connectivity index (χ2n) is 4.66. The zero-order valence-electron chi connectivity index (χ0n) is 9.85. The molecule has 15 heavy (non-hydrogen) atoms. The topological polar surface area (TPSA) is 6.48 Å². The maximum absolute atomic E-state index is 2.53. The molecular weight excluding hydrogens is 184 g/mol. The van der Waals surface area contributed by atoms with Crippen molar-refractivity contribution in [2.75, 3.05) is 25.0 Å². The average Bonchev–Trinajstić information content (AvgIpc) is 2.17. The van der Waals surface area contributed by atoms with Gasteiger partial charge in [0.1, 0.15) is 0 Å². The fourth-order valence-electron chi connectivity index (χ4n) is 2.70. The van der Waals surface area contributed by atoms with Crippen LogP contribution in [0.1, 0.15) is 13.8 Å². The Kier molecular flexibility index (Phi) is 2.96. The Morgan fingerprint density at radius 2 is 1.53 bits per heavy atom. The first kappa shape index (κ1) is 10.5. The van der Waals surface area contributed by atoms with Crippen LogP contribution in [0.15, 0.2) is 30.3 Å². The Morgan fingerprint density at radius 3 is 2.07 bits per heavy atom. The standard InChI is InChI=1S/C13H20N2/c1-11-9-14(3)10-12(2)15(11)13-7-5-4-6-8-13/h4-8,11-12H,9-10H2,1-3H3/t11-,12+. The van der Waals surface area contributed by atoms with Crippen LogP contribution < -0.4 is 4.90 Å². The molecule has 1 saturated heterocycles. The molecule has 0 aromatic heterocycles. The molecule has 0 radical (unpaired) electrons. The third-order valence-corrected chi connectivity index (χ3v) is 3.16. The summed E-state index contributed by atoms with van der Waals surface area (Å²) in [5.41, 5.74) is 1.35. The van der Waals surface area contributed by atoms with Crippen molar-refractivity contribution in [1.29, 1.82) is 0 Å². The fourth-order valence-corrected chi connectivity index (χ4v) is 2.70. The molecule has 0 amide bonds. The van der Waals surface area contributed by atoms with Crippen LogP contribution in [-0.4, -0.2) is 37.1 Å². The normalized spacial score (nSPS) is 28.1. The summed E-state index contributed by atoms with van der Waals surface area (Å²) in [6.45, 7) is 6.91. The lowest BCUT2D eigenvalue weighted by Crippen LogP contribution is -2.55. The van der Waals surface area contributed by atoms with Gasteiger partial charge in [0.25, 0.3) is 0 Å². The van der Waals surface area contributed by atoms with E-state index in [1.54, 1.807) is 0 Å². The third kappa shape index (κ3) is 2.15. The lowest BCUT2D eigenvalue weighted by atomic mass is 10.1. The summed E-state index contributed by atoms with van der Waals surface area (Å²) >= 11 is 0. The number of nitrogens with zero attached hydrogens (tertiary/aromatic N) is 2. The van der Waals surface area contributed by atoms with Crippen molar-refractivity contribution in [1.82, 2.24) is 4.90 Å². The van der Waals surface area contributed by atoms with E-state index >= 15 is 0 Å². The van der Waals surface area contributed by atoms with Gasteiger partial charge in [-0.1, -0.05) is 18.2 Å². The number of rotatable bonds is 1. The summed E-state index contributed by atoms with van der Waals surface area (Å²) in [4.78, 5) is 4.94. The van der Waals surface area contributed by atoms with E-state index in [1.165, 1.54) is 5.69 Å². The van der Waals surface area contributed by atoms with Crippen LogP contribution in [0.5, 0.6) is 0 Å². The molecule has 1 heterocycles. The number of piperazine rings is 1. The molecule has 2 nitrogen and oxygen atoms in total. The highest BCUT2D eigenvalue weighted by Gasteiger charge is 2.27. The highest BCUT2D eigenvalue weighted by Crippen LogP contribution is 2.23. The molecule has 1 aromatic carbocycles. The highest BCUT2D eigenvalue weighted by atomic mass is 15.3. The molecule has 0 aliphatic carbocycles. The first-order valence-corrected chi connectivity index (χ1v) is 5.70. The number of likely N-dealkylation sites (N-methyl/N-ethyl adjacent to an activating group) is 1. The smallest absolute Gasteiger partial charge is 0.0392 e. The second-order valence-corrected chi connectivity index (χ2v) is 4.66. The fraction of sp³-hybridized carbons (Fsp3) is 0.538. The summed E-state index contributed by atoms with van der Waals surface area (Å²) in [6.07, 6.45) is 0. The van der Waals surface area contributed by atoms with Crippen molar-refractivity contribution in [3.63, 3.8) is 0 Å². The molecule has 0 spiro atoms. The van der Waals surface area contributed by atoms with Gasteiger partial charge in [-0.25, -0.2) is 0 Å². The quantitative estimate of drug-likeness (QED) is 0.692. The van der Waals surface area contributed by atoms with Gasteiger partial charge in [0.05, 0.1) is 0 Å². The minimum absolute atomic E-state index is 0.598. The van der Waals surface area contributed by atoms with Crippen LogP contribution in [0, 0.1) is 0 Å². The Hall–Kier alpha value is -1.02. The lowest BCUT2D eigenvalue weighted by Gasteiger charge is -2.44. The first-order valence-electron chi connectivity index (χ1n) is 5.70. The minimum Gasteiger partial charge on any atom is -0.364 e. The Morgan fingerprint density at radius 1 is 1.00 bits per heavy atom. The zero-order chi connectivity index (χ0) is 10.8. The summed E-state index contributed by atoms with van der Waals surface area (Å²) in [6, 6.07) is 11.9. The maximum Gasteiger partial charge on any atom is 0.0392 e. The molecule has 1 fully saturated rings. The Balaban J connectivity index is 2.21. The molecule has 0 bridgehead atoms. The lowest BCUT2D eigenvalue weighted by molar-refractivity contribution is 0.240. The van der Waals surface area contributed by atoms with Crippen LogP contribution in [0.25, 0.3) is 0 Å². The molecule has 2 rings (SSSR count). The molecule has 1 aliphatic rings. The Bertz CT molecular complexity index is 298. The van der Waals surface area contributed by atoms with Crippen LogP contribution in [0.3, 0.4) is 0 Å². The molecule has 82 valence electrons. The zero-order valence-corrected chi connectivity index (χ0v) is 9.85. The van der Waals surface area contributed by atoms with Gasteiger partial charge >= 0.3 is 0 Å². The molecule has 1 aliphatic heterocycles. The molecular formula is C13H20N2. The third-order valence-electron chi connectivity index (χ3n) is 3.16. The van der Waals surface area contributed by atoms with Gasteiger partial charge in [0.2, 0.25) is 0 Å². The van der Waals surface area contributed by atoms with E-state index in [2.05, 4.69) is 61.0 Å². The molecule has 0 N–H and O–H groups in total. The van der Waals surface area contributed by atoms with E-state index in [0.29, 0.717) is 12.1 Å².